The standard InChI is InChI=1S/C16H14F2N2O/c1-9-7-12-13(8-10(9)2)20-15(19-12)11-5-3-4-6-14(11)21-16(17)18/h3-8,16H,1-2H3,(H,19,20). The predicted octanol–water partition coefficient (Wildman–Crippen LogP) is 4.45. The number of para-hydroxylation sites is 1. The number of nitrogens with zero attached hydrogens (tertiary/aromatic N) is 1. The Morgan fingerprint density at radius 1 is 1.10 bits per heavy atom. The van der Waals surface area contributed by atoms with Gasteiger partial charge in [-0.15, -0.1) is 0 Å². The van der Waals surface area contributed by atoms with Gasteiger partial charge in [0.2, 0.25) is 0 Å². The van der Waals surface area contributed by atoms with E-state index in [9.17, 15) is 8.78 Å². The van der Waals surface area contributed by atoms with Gasteiger partial charge in [-0.1, -0.05) is 12.1 Å². The quantitative estimate of drug-likeness (QED) is 0.773. The van der Waals surface area contributed by atoms with E-state index in [-0.39, 0.29) is 5.75 Å². The van der Waals surface area contributed by atoms with Crippen LogP contribution in [0.3, 0.4) is 0 Å². The number of imidazole rings is 1. The third-order valence-corrected chi connectivity index (χ3v) is 3.46. The zero-order valence-corrected chi connectivity index (χ0v) is 11.7. The molecule has 0 unspecified atom stereocenters. The molecule has 21 heavy (non-hydrogen) atoms. The second-order valence-corrected chi connectivity index (χ2v) is 4.91. The molecule has 2 aromatic carbocycles. The Bertz CT molecular complexity index is 757. The Morgan fingerprint density at radius 3 is 2.57 bits per heavy atom. The van der Waals surface area contributed by atoms with Crippen molar-refractivity contribution in [3.63, 3.8) is 0 Å². The van der Waals surface area contributed by atoms with E-state index in [1.165, 1.54) is 6.07 Å². The van der Waals surface area contributed by atoms with E-state index in [0.29, 0.717) is 11.4 Å². The second kappa shape index (κ2) is 5.16. The van der Waals surface area contributed by atoms with Crippen LogP contribution in [0, 0.1) is 13.8 Å². The molecule has 1 N–H and O–H groups in total. The van der Waals surface area contributed by atoms with E-state index in [4.69, 9.17) is 0 Å². The van der Waals surface area contributed by atoms with Gasteiger partial charge in [0.15, 0.2) is 0 Å². The molecule has 0 fully saturated rings. The number of rotatable bonds is 3. The van der Waals surface area contributed by atoms with E-state index >= 15 is 0 Å². The summed E-state index contributed by atoms with van der Waals surface area (Å²) in [5, 5.41) is 0. The lowest BCUT2D eigenvalue weighted by Crippen LogP contribution is -2.03. The molecule has 0 radical (unpaired) electrons. The van der Waals surface area contributed by atoms with Gasteiger partial charge in [-0.05, 0) is 49.2 Å². The Balaban J connectivity index is 2.12. The van der Waals surface area contributed by atoms with Crippen LogP contribution < -0.4 is 4.74 Å². The lowest BCUT2D eigenvalue weighted by Gasteiger charge is -2.08. The van der Waals surface area contributed by atoms with Gasteiger partial charge in [-0.25, -0.2) is 4.98 Å². The summed E-state index contributed by atoms with van der Waals surface area (Å²) < 4.78 is 29.5. The first-order chi connectivity index (χ1) is 10.0. The SMILES string of the molecule is Cc1cc2nc(-c3ccccc3OC(F)F)[nH]c2cc1C. The van der Waals surface area contributed by atoms with E-state index in [1.54, 1.807) is 18.2 Å². The normalized spacial score (nSPS) is 11.3. The van der Waals surface area contributed by atoms with Crippen LogP contribution in [0.5, 0.6) is 5.75 Å². The summed E-state index contributed by atoms with van der Waals surface area (Å²) in [7, 11) is 0. The molecule has 0 aliphatic heterocycles. The predicted molar refractivity (Wildman–Crippen MR) is 77.6 cm³/mol. The fourth-order valence-corrected chi connectivity index (χ4v) is 2.26. The summed E-state index contributed by atoms with van der Waals surface area (Å²) >= 11 is 0. The minimum Gasteiger partial charge on any atom is -0.434 e. The largest absolute Gasteiger partial charge is 0.434 e. The van der Waals surface area contributed by atoms with Gasteiger partial charge in [0, 0.05) is 0 Å². The van der Waals surface area contributed by atoms with Crippen molar-refractivity contribution in [1.29, 1.82) is 0 Å². The van der Waals surface area contributed by atoms with Crippen molar-refractivity contribution in [2.24, 2.45) is 0 Å². The van der Waals surface area contributed by atoms with Crippen LogP contribution in [0.15, 0.2) is 36.4 Å². The number of fused-ring (bicyclic) bond motifs is 1. The molecule has 0 bridgehead atoms. The molecule has 3 nitrogen and oxygen atoms in total. The molecule has 0 amide bonds. The average molecular weight is 288 g/mol. The number of hydrogen-bond acceptors (Lipinski definition) is 2. The molecule has 0 aliphatic carbocycles. The van der Waals surface area contributed by atoms with Gasteiger partial charge in [0.1, 0.15) is 11.6 Å². The molecular formula is C16H14F2N2O. The monoisotopic (exact) mass is 288 g/mol. The number of aromatic nitrogens is 2. The number of H-pyrrole nitrogens is 1. The summed E-state index contributed by atoms with van der Waals surface area (Å²) in [6, 6.07) is 10.6. The molecule has 0 saturated heterocycles. The molecule has 3 aromatic rings. The zero-order valence-electron chi connectivity index (χ0n) is 11.7. The lowest BCUT2D eigenvalue weighted by molar-refractivity contribution is -0.0494. The van der Waals surface area contributed by atoms with Gasteiger partial charge in [-0.3, -0.25) is 0 Å². The maximum absolute atomic E-state index is 12.5. The maximum atomic E-state index is 12.5. The number of hydrogen-bond donors (Lipinski definition) is 1. The number of aromatic amines is 1. The summed E-state index contributed by atoms with van der Waals surface area (Å²) in [6.07, 6.45) is 0. The number of nitrogens with one attached hydrogen (secondary N) is 1. The first kappa shape index (κ1) is 13.5. The summed E-state index contributed by atoms with van der Waals surface area (Å²) in [5.41, 5.74) is 4.48. The van der Waals surface area contributed by atoms with Crippen molar-refractivity contribution in [3.8, 4) is 17.1 Å². The molecule has 1 aromatic heterocycles. The highest BCUT2D eigenvalue weighted by atomic mass is 19.3. The van der Waals surface area contributed by atoms with E-state index < -0.39 is 6.61 Å². The Kier molecular flexibility index (Phi) is 3.33. The smallest absolute Gasteiger partial charge is 0.387 e. The van der Waals surface area contributed by atoms with Gasteiger partial charge in [-0.2, -0.15) is 8.78 Å². The molecular weight excluding hydrogens is 274 g/mol. The number of ether oxygens (including phenoxy) is 1. The third kappa shape index (κ3) is 2.59. The summed E-state index contributed by atoms with van der Waals surface area (Å²) in [6.45, 7) is 1.17. The second-order valence-electron chi connectivity index (χ2n) is 4.91. The van der Waals surface area contributed by atoms with Crippen LogP contribution in [0.1, 0.15) is 11.1 Å². The van der Waals surface area contributed by atoms with E-state index in [2.05, 4.69) is 14.7 Å². The van der Waals surface area contributed by atoms with Crippen molar-refractivity contribution in [1.82, 2.24) is 9.97 Å². The molecule has 3 rings (SSSR count). The highest BCUT2D eigenvalue weighted by Crippen LogP contribution is 2.30. The Hall–Kier alpha value is -2.43. The fourth-order valence-electron chi connectivity index (χ4n) is 2.26. The van der Waals surface area contributed by atoms with Crippen molar-refractivity contribution in [2.75, 3.05) is 0 Å². The van der Waals surface area contributed by atoms with E-state index in [0.717, 1.165) is 22.2 Å². The Morgan fingerprint density at radius 2 is 1.81 bits per heavy atom. The highest BCUT2D eigenvalue weighted by Gasteiger charge is 2.14. The van der Waals surface area contributed by atoms with Gasteiger partial charge in [0.05, 0.1) is 16.6 Å². The summed E-state index contributed by atoms with van der Waals surface area (Å²) in [5.74, 6) is 0.631. The van der Waals surface area contributed by atoms with Crippen molar-refractivity contribution < 1.29 is 13.5 Å². The molecule has 0 spiro atoms. The maximum Gasteiger partial charge on any atom is 0.387 e. The van der Waals surface area contributed by atoms with Gasteiger partial charge >= 0.3 is 6.61 Å². The van der Waals surface area contributed by atoms with Gasteiger partial charge < -0.3 is 9.72 Å². The van der Waals surface area contributed by atoms with Crippen molar-refractivity contribution in [2.45, 2.75) is 20.5 Å². The van der Waals surface area contributed by atoms with Crippen LogP contribution in [-0.2, 0) is 0 Å². The number of alkyl halides is 2. The molecule has 0 saturated carbocycles. The van der Waals surface area contributed by atoms with Crippen molar-refractivity contribution in [3.05, 3.63) is 47.5 Å². The average Bonchev–Trinajstić information content (AvgIpc) is 2.82. The zero-order chi connectivity index (χ0) is 15.0. The molecule has 1 heterocycles. The minimum absolute atomic E-state index is 0.111. The Labute approximate surface area is 120 Å². The molecule has 5 heteroatoms. The minimum atomic E-state index is -2.86. The first-order valence-electron chi connectivity index (χ1n) is 6.56. The van der Waals surface area contributed by atoms with Crippen molar-refractivity contribution >= 4 is 11.0 Å². The van der Waals surface area contributed by atoms with Crippen LogP contribution in [0.2, 0.25) is 0 Å². The molecule has 0 aliphatic rings. The third-order valence-electron chi connectivity index (χ3n) is 3.46. The first-order valence-corrected chi connectivity index (χ1v) is 6.56. The summed E-state index contributed by atoms with van der Waals surface area (Å²) in [4.78, 5) is 7.63. The number of aryl methyl sites for hydroxylation is 2. The number of benzene rings is 2. The van der Waals surface area contributed by atoms with Crippen LogP contribution in [0.4, 0.5) is 8.78 Å². The van der Waals surface area contributed by atoms with Gasteiger partial charge in [0.25, 0.3) is 0 Å². The van der Waals surface area contributed by atoms with Crippen LogP contribution >= 0.6 is 0 Å². The lowest BCUT2D eigenvalue weighted by atomic mass is 10.1. The fraction of sp³-hybridized carbons (Fsp3) is 0.188. The van der Waals surface area contributed by atoms with Crippen LogP contribution in [0.25, 0.3) is 22.4 Å². The van der Waals surface area contributed by atoms with Crippen LogP contribution in [-0.4, -0.2) is 16.6 Å². The molecule has 108 valence electrons. The van der Waals surface area contributed by atoms with E-state index in [1.807, 2.05) is 26.0 Å². The topological polar surface area (TPSA) is 37.9 Å². The number of halogens is 2. The highest BCUT2D eigenvalue weighted by molar-refractivity contribution is 5.82. The molecule has 0 atom stereocenters.